The van der Waals surface area contributed by atoms with Crippen LogP contribution in [0.4, 0.5) is 0 Å². The molecular formula is C17H24N2O5S. The first-order valence-electron chi connectivity index (χ1n) is 8.29. The van der Waals surface area contributed by atoms with Crippen LogP contribution in [0.15, 0.2) is 6.07 Å². The number of hydrogen-bond acceptors (Lipinski definition) is 8. The van der Waals surface area contributed by atoms with Crippen molar-refractivity contribution < 1.29 is 23.7 Å². The molecule has 0 saturated heterocycles. The summed E-state index contributed by atoms with van der Waals surface area (Å²) in [6.45, 7) is 2.55. The van der Waals surface area contributed by atoms with Gasteiger partial charge in [0.15, 0.2) is 0 Å². The highest BCUT2D eigenvalue weighted by Gasteiger charge is 2.78. The molecule has 1 aromatic rings. The van der Waals surface area contributed by atoms with Crippen molar-refractivity contribution in [2.24, 2.45) is 10.8 Å². The monoisotopic (exact) mass is 368 g/mol. The quantitative estimate of drug-likeness (QED) is 0.511. The number of carbonyl (C=O) groups excluding carboxylic acids is 1. The number of fused-ring (bicyclic) bond motifs is 1. The summed E-state index contributed by atoms with van der Waals surface area (Å²) in [5, 5.41) is 0. The topological polar surface area (TPSA) is 79.8 Å². The van der Waals surface area contributed by atoms with Crippen molar-refractivity contribution in [2.75, 3.05) is 32.8 Å². The first-order valence-corrected chi connectivity index (χ1v) is 9.68. The summed E-state index contributed by atoms with van der Waals surface area (Å²) in [5.41, 5.74) is -0.651. The van der Waals surface area contributed by atoms with Crippen molar-refractivity contribution in [3.63, 3.8) is 0 Å². The van der Waals surface area contributed by atoms with E-state index in [0.29, 0.717) is 18.4 Å². The second kappa shape index (κ2) is 6.90. The molecule has 2 fully saturated rings. The van der Waals surface area contributed by atoms with Gasteiger partial charge in [-0.1, -0.05) is 6.92 Å². The molecule has 25 heavy (non-hydrogen) atoms. The van der Waals surface area contributed by atoms with Gasteiger partial charge < -0.3 is 18.9 Å². The van der Waals surface area contributed by atoms with Crippen LogP contribution in [0.1, 0.15) is 26.2 Å². The summed E-state index contributed by atoms with van der Waals surface area (Å²) >= 11 is 1.65. The Morgan fingerprint density at radius 2 is 2.00 bits per heavy atom. The summed E-state index contributed by atoms with van der Waals surface area (Å²) in [4.78, 5) is 21.2. The predicted octanol–water partition coefficient (Wildman–Crippen LogP) is 2.34. The van der Waals surface area contributed by atoms with Crippen LogP contribution in [0.3, 0.4) is 0 Å². The Balaban J connectivity index is 1.77. The first-order chi connectivity index (χ1) is 12.0. The van der Waals surface area contributed by atoms with E-state index in [1.165, 1.54) is 14.2 Å². The molecule has 8 heteroatoms. The van der Waals surface area contributed by atoms with Gasteiger partial charge in [-0.15, -0.1) is 0 Å². The van der Waals surface area contributed by atoms with Crippen LogP contribution in [0.5, 0.6) is 17.8 Å². The van der Waals surface area contributed by atoms with Crippen LogP contribution in [0.25, 0.3) is 0 Å². The number of esters is 1. The van der Waals surface area contributed by atoms with E-state index in [9.17, 15) is 4.79 Å². The van der Waals surface area contributed by atoms with Crippen LogP contribution in [0, 0.1) is 10.8 Å². The Hall–Kier alpha value is -1.70. The van der Waals surface area contributed by atoms with E-state index in [2.05, 4.69) is 16.9 Å². The third-order valence-corrected chi connectivity index (χ3v) is 5.91. The Bertz CT molecular complexity index is 636. The molecule has 1 aromatic heterocycles. The smallest absolute Gasteiger partial charge is 0.323 e. The van der Waals surface area contributed by atoms with Gasteiger partial charge in [0.1, 0.15) is 18.1 Å². The number of carbonyl (C=O) groups is 1. The number of methoxy groups -OCH3 is 2. The lowest BCUT2D eigenvalue weighted by Crippen LogP contribution is -2.36. The molecule has 3 unspecified atom stereocenters. The van der Waals surface area contributed by atoms with Crippen molar-refractivity contribution >= 4 is 17.7 Å². The molecule has 3 rings (SSSR count). The van der Waals surface area contributed by atoms with Crippen molar-refractivity contribution in [1.82, 2.24) is 9.97 Å². The van der Waals surface area contributed by atoms with E-state index >= 15 is 0 Å². The van der Waals surface area contributed by atoms with Gasteiger partial charge in [-0.3, -0.25) is 4.79 Å². The number of aromatic nitrogens is 2. The maximum atomic E-state index is 12.7. The molecule has 3 atom stereocenters. The normalized spacial score (nSPS) is 29.7. The van der Waals surface area contributed by atoms with E-state index in [1.807, 2.05) is 6.26 Å². The molecule has 0 aromatic carbocycles. The molecule has 0 spiro atoms. The molecule has 7 nitrogen and oxygen atoms in total. The van der Waals surface area contributed by atoms with E-state index in [1.54, 1.807) is 17.8 Å². The number of ether oxygens (including phenoxy) is 4. The molecular weight excluding hydrogens is 344 g/mol. The van der Waals surface area contributed by atoms with E-state index in [4.69, 9.17) is 18.9 Å². The van der Waals surface area contributed by atoms with Crippen LogP contribution >= 0.6 is 11.8 Å². The highest BCUT2D eigenvalue weighted by molar-refractivity contribution is 7.98. The number of hydrogen-bond donors (Lipinski definition) is 0. The molecule has 0 aliphatic heterocycles. The molecule has 0 N–H and O–H groups in total. The summed E-state index contributed by atoms with van der Waals surface area (Å²) in [6, 6.07) is 1.74. The maximum absolute atomic E-state index is 12.7. The van der Waals surface area contributed by atoms with Crippen molar-refractivity contribution in [3.8, 4) is 17.8 Å². The van der Waals surface area contributed by atoms with Gasteiger partial charge in [-0.2, -0.15) is 21.7 Å². The molecule has 2 aliphatic rings. The van der Waals surface area contributed by atoms with Gasteiger partial charge in [0.2, 0.25) is 11.8 Å². The molecule has 138 valence electrons. The minimum absolute atomic E-state index is 0.0585. The zero-order chi connectivity index (χ0) is 18.1. The largest absolute Gasteiger partial charge is 0.481 e. The van der Waals surface area contributed by atoms with Crippen LogP contribution in [0.2, 0.25) is 0 Å². The third kappa shape index (κ3) is 3.12. The standard InChI is InChI=1S/C17H24N2O5S/c1-16-6-5-11(17(16,10-16)14(20)23-7-8-25-4)24-15-18-12(21-2)9-13(19-15)22-3/h9,11H,5-8,10H2,1-4H3. The van der Waals surface area contributed by atoms with E-state index in [-0.39, 0.29) is 23.5 Å². The van der Waals surface area contributed by atoms with Crippen LogP contribution < -0.4 is 14.2 Å². The van der Waals surface area contributed by atoms with Gasteiger partial charge in [-0.25, -0.2) is 0 Å². The minimum atomic E-state index is -0.592. The van der Waals surface area contributed by atoms with Gasteiger partial charge in [0, 0.05) is 5.75 Å². The Morgan fingerprint density at radius 1 is 1.32 bits per heavy atom. The van der Waals surface area contributed by atoms with E-state index in [0.717, 1.165) is 25.0 Å². The highest BCUT2D eigenvalue weighted by Crippen LogP contribution is 2.74. The molecule has 0 radical (unpaired) electrons. The number of nitrogens with zero attached hydrogens (tertiary/aromatic N) is 2. The predicted molar refractivity (Wildman–Crippen MR) is 93.3 cm³/mol. The summed E-state index contributed by atoms with van der Waals surface area (Å²) in [6.07, 6.45) is 4.18. The van der Waals surface area contributed by atoms with Gasteiger partial charge >= 0.3 is 12.0 Å². The fourth-order valence-electron chi connectivity index (χ4n) is 3.81. The lowest BCUT2D eigenvalue weighted by Gasteiger charge is -2.23. The third-order valence-electron chi connectivity index (χ3n) is 5.34. The molecule has 2 aliphatic carbocycles. The second-order valence-corrected chi connectivity index (χ2v) is 7.70. The van der Waals surface area contributed by atoms with Crippen molar-refractivity contribution in [2.45, 2.75) is 32.3 Å². The van der Waals surface area contributed by atoms with Gasteiger partial charge in [-0.05, 0) is 30.9 Å². The highest BCUT2D eigenvalue weighted by atomic mass is 32.2. The molecule has 2 saturated carbocycles. The van der Waals surface area contributed by atoms with E-state index < -0.39 is 5.41 Å². The summed E-state index contributed by atoms with van der Waals surface area (Å²) in [5.74, 6) is 1.34. The van der Waals surface area contributed by atoms with Gasteiger partial charge in [0.05, 0.1) is 20.3 Å². The fraction of sp³-hybridized carbons (Fsp3) is 0.706. The molecule has 0 amide bonds. The number of rotatable bonds is 8. The fourth-order valence-corrected chi connectivity index (χ4v) is 4.06. The average molecular weight is 368 g/mol. The average Bonchev–Trinajstić information content (AvgIpc) is 3.16. The SMILES string of the molecule is COc1cc(OC)nc(OC2CCC3(C)CC23C(=O)OCCSC)n1. The Kier molecular flexibility index (Phi) is 4.99. The minimum Gasteiger partial charge on any atom is -0.481 e. The Labute approximate surface area is 151 Å². The van der Waals surface area contributed by atoms with Crippen molar-refractivity contribution in [3.05, 3.63) is 6.07 Å². The van der Waals surface area contributed by atoms with Crippen LogP contribution in [-0.2, 0) is 9.53 Å². The first kappa shape index (κ1) is 18.1. The Morgan fingerprint density at radius 3 is 2.56 bits per heavy atom. The van der Waals surface area contributed by atoms with Crippen molar-refractivity contribution in [1.29, 1.82) is 0 Å². The second-order valence-electron chi connectivity index (χ2n) is 6.72. The van der Waals surface area contributed by atoms with Gasteiger partial charge in [0.25, 0.3) is 0 Å². The molecule has 1 heterocycles. The summed E-state index contributed by atoms with van der Waals surface area (Å²) in [7, 11) is 3.04. The summed E-state index contributed by atoms with van der Waals surface area (Å²) < 4.78 is 21.8. The lowest BCUT2D eigenvalue weighted by molar-refractivity contribution is -0.154. The zero-order valence-corrected chi connectivity index (χ0v) is 15.9. The molecule has 0 bridgehead atoms. The van der Waals surface area contributed by atoms with Crippen LogP contribution in [-0.4, -0.2) is 54.9 Å². The zero-order valence-electron chi connectivity index (χ0n) is 15.0. The lowest BCUT2D eigenvalue weighted by atomic mass is 9.96. The number of thioether (sulfide) groups is 1. The maximum Gasteiger partial charge on any atom is 0.323 e.